The van der Waals surface area contributed by atoms with Gasteiger partial charge in [-0.2, -0.15) is 0 Å². The van der Waals surface area contributed by atoms with E-state index in [-0.39, 0.29) is 18.3 Å². The Morgan fingerprint density at radius 2 is 1.81 bits per heavy atom. The lowest BCUT2D eigenvalue weighted by Gasteiger charge is -2.20. The minimum atomic E-state index is -0.739. The Morgan fingerprint density at radius 1 is 1.19 bits per heavy atom. The summed E-state index contributed by atoms with van der Waals surface area (Å²) in [6.45, 7) is 5.89. The number of nitrogens with zero attached hydrogens (tertiary/aromatic N) is 4. The highest BCUT2D eigenvalue weighted by atomic mass is 16.5. The summed E-state index contributed by atoms with van der Waals surface area (Å²) in [7, 11) is 1.60. The van der Waals surface area contributed by atoms with E-state index in [1.54, 1.807) is 19.2 Å². The van der Waals surface area contributed by atoms with Gasteiger partial charge in [0.2, 0.25) is 5.82 Å². The predicted octanol–water partition coefficient (Wildman–Crippen LogP) is 3.06. The van der Waals surface area contributed by atoms with Gasteiger partial charge in [-0.1, -0.05) is 38.8 Å². The van der Waals surface area contributed by atoms with Gasteiger partial charge in [-0.3, -0.25) is 4.79 Å². The number of methoxy groups -OCH3 is 1. The zero-order chi connectivity index (χ0) is 19.6. The average molecular weight is 374 g/mol. The van der Waals surface area contributed by atoms with Crippen LogP contribution < -0.4 is 4.74 Å². The van der Waals surface area contributed by atoms with Crippen LogP contribution in [0.5, 0.6) is 5.75 Å². The molecule has 27 heavy (non-hydrogen) atoms. The van der Waals surface area contributed by atoms with Crippen LogP contribution in [-0.4, -0.2) is 50.9 Å². The maximum absolute atomic E-state index is 12.7. The summed E-state index contributed by atoms with van der Waals surface area (Å²) in [5.74, 6) is 0.776. The highest BCUT2D eigenvalue weighted by Crippen LogP contribution is 2.18. The number of unbranched alkanes of at least 4 members (excludes halogenated alkanes) is 2. The average Bonchev–Trinajstić information content (AvgIpc) is 3.16. The summed E-state index contributed by atoms with van der Waals surface area (Å²) in [4.78, 5) is 18.7. The number of carbonyl (C=O) groups excluding carboxylic acids is 1. The first-order valence-corrected chi connectivity index (χ1v) is 9.59. The molecule has 148 valence electrons. The lowest BCUT2D eigenvalue weighted by molar-refractivity contribution is 0.0737. The fourth-order valence-corrected chi connectivity index (χ4v) is 2.74. The van der Waals surface area contributed by atoms with Gasteiger partial charge in [0.05, 0.1) is 19.8 Å². The van der Waals surface area contributed by atoms with Crippen molar-refractivity contribution in [1.82, 2.24) is 19.7 Å². The van der Waals surface area contributed by atoms with Gasteiger partial charge in [-0.25, -0.2) is 9.67 Å². The van der Waals surface area contributed by atoms with Crippen LogP contribution in [0.15, 0.2) is 30.6 Å². The number of hydrogen-bond acceptors (Lipinski definition) is 5. The predicted molar refractivity (Wildman–Crippen MR) is 104 cm³/mol. The summed E-state index contributed by atoms with van der Waals surface area (Å²) in [5, 5.41) is 14.7. The number of aliphatic hydroxyl groups is 1. The maximum Gasteiger partial charge on any atom is 0.293 e. The van der Waals surface area contributed by atoms with Crippen molar-refractivity contribution in [2.24, 2.45) is 0 Å². The number of ether oxygens (including phenoxy) is 1. The van der Waals surface area contributed by atoms with Gasteiger partial charge in [0.15, 0.2) is 0 Å². The lowest BCUT2D eigenvalue weighted by atomic mass is 10.1. The van der Waals surface area contributed by atoms with Crippen molar-refractivity contribution in [3.05, 3.63) is 42.0 Å². The van der Waals surface area contributed by atoms with E-state index in [4.69, 9.17) is 4.74 Å². The van der Waals surface area contributed by atoms with Crippen molar-refractivity contribution in [1.29, 1.82) is 0 Å². The molecular weight excluding hydrogens is 344 g/mol. The van der Waals surface area contributed by atoms with Crippen molar-refractivity contribution >= 4 is 5.91 Å². The number of carbonyl (C=O) groups is 1. The number of aromatic nitrogens is 3. The third kappa shape index (κ3) is 6.06. The van der Waals surface area contributed by atoms with Crippen LogP contribution in [0.25, 0.3) is 0 Å². The maximum atomic E-state index is 12.7. The third-order valence-corrected chi connectivity index (χ3v) is 4.44. The molecule has 1 amide bonds. The van der Waals surface area contributed by atoms with E-state index in [2.05, 4.69) is 23.9 Å². The van der Waals surface area contributed by atoms with Gasteiger partial charge >= 0.3 is 0 Å². The standard InChI is InChI=1S/C20H30N4O3/c1-4-6-12-23(13-7-5-2)20(26)19-21-15-24(22-19)14-18(25)16-8-10-17(27-3)11-9-16/h8-11,15,18,25H,4-7,12-14H2,1-3H3/t18-/m1/s1. The Labute approximate surface area is 161 Å². The van der Waals surface area contributed by atoms with Gasteiger partial charge in [0.1, 0.15) is 12.1 Å². The molecule has 0 bridgehead atoms. The highest BCUT2D eigenvalue weighted by molar-refractivity contribution is 5.90. The zero-order valence-corrected chi connectivity index (χ0v) is 16.5. The molecule has 1 heterocycles. The molecule has 0 spiro atoms. The third-order valence-electron chi connectivity index (χ3n) is 4.44. The van der Waals surface area contributed by atoms with E-state index >= 15 is 0 Å². The number of hydrogen-bond donors (Lipinski definition) is 1. The number of amides is 1. The molecule has 2 aromatic rings. The molecule has 0 radical (unpaired) electrons. The second kappa shape index (κ2) is 10.7. The summed E-state index contributed by atoms with van der Waals surface area (Å²) in [5.41, 5.74) is 0.756. The molecule has 0 saturated heterocycles. The summed E-state index contributed by atoms with van der Waals surface area (Å²) in [6, 6.07) is 7.22. The fraction of sp³-hybridized carbons (Fsp3) is 0.550. The molecule has 1 aromatic carbocycles. The summed E-state index contributed by atoms with van der Waals surface area (Å²) in [6.07, 6.45) is 4.76. The Morgan fingerprint density at radius 3 is 2.37 bits per heavy atom. The van der Waals surface area contributed by atoms with Crippen LogP contribution >= 0.6 is 0 Å². The monoisotopic (exact) mass is 374 g/mol. The van der Waals surface area contributed by atoms with Gasteiger partial charge in [-0.15, -0.1) is 5.10 Å². The molecule has 0 unspecified atom stereocenters. The minimum absolute atomic E-state index is 0.144. The van der Waals surface area contributed by atoms with Gasteiger partial charge < -0.3 is 14.7 Å². The Bertz CT molecular complexity index is 692. The lowest BCUT2D eigenvalue weighted by Crippen LogP contribution is -2.33. The number of benzene rings is 1. The Kier molecular flexibility index (Phi) is 8.26. The highest BCUT2D eigenvalue weighted by Gasteiger charge is 2.20. The van der Waals surface area contributed by atoms with E-state index in [0.29, 0.717) is 0 Å². The second-order valence-electron chi connectivity index (χ2n) is 6.58. The summed E-state index contributed by atoms with van der Waals surface area (Å²) < 4.78 is 6.64. The van der Waals surface area contributed by atoms with Crippen LogP contribution in [0, 0.1) is 0 Å². The van der Waals surface area contributed by atoms with E-state index in [1.807, 2.05) is 17.0 Å². The molecule has 2 rings (SSSR count). The number of aliphatic hydroxyl groups excluding tert-OH is 1. The Balaban J connectivity index is 2.01. The van der Waals surface area contributed by atoms with E-state index in [1.165, 1.54) is 11.0 Å². The van der Waals surface area contributed by atoms with Gasteiger partial charge in [0, 0.05) is 13.1 Å². The second-order valence-corrected chi connectivity index (χ2v) is 6.58. The first-order valence-electron chi connectivity index (χ1n) is 9.59. The molecule has 1 atom stereocenters. The first-order chi connectivity index (χ1) is 13.1. The molecular formula is C20H30N4O3. The van der Waals surface area contributed by atoms with Gasteiger partial charge in [-0.05, 0) is 30.5 Å². The molecule has 0 aliphatic carbocycles. The largest absolute Gasteiger partial charge is 0.497 e. The van der Waals surface area contributed by atoms with Crippen LogP contribution in [0.4, 0.5) is 0 Å². The van der Waals surface area contributed by atoms with Gasteiger partial charge in [0.25, 0.3) is 5.91 Å². The first kappa shape index (κ1) is 20.9. The molecule has 0 fully saturated rings. The van der Waals surface area contributed by atoms with Crippen LogP contribution in [0.3, 0.4) is 0 Å². The smallest absolute Gasteiger partial charge is 0.293 e. The van der Waals surface area contributed by atoms with Crippen LogP contribution in [-0.2, 0) is 6.54 Å². The SMILES string of the molecule is CCCCN(CCCC)C(=O)c1ncn(C[C@@H](O)c2ccc(OC)cc2)n1. The van der Waals surface area contributed by atoms with Crippen molar-refractivity contribution in [2.45, 2.75) is 52.2 Å². The van der Waals surface area contributed by atoms with Crippen LogP contribution in [0.1, 0.15) is 61.8 Å². The minimum Gasteiger partial charge on any atom is -0.497 e. The molecule has 0 aliphatic rings. The van der Waals surface area contributed by atoms with Crippen molar-refractivity contribution in [3.8, 4) is 5.75 Å². The number of rotatable bonds is 11. The fourth-order valence-electron chi connectivity index (χ4n) is 2.74. The molecule has 7 nitrogen and oxygen atoms in total. The van der Waals surface area contributed by atoms with E-state index < -0.39 is 6.10 Å². The van der Waals surface area contributed by atoms with Crippen LogP contribution in [0.2, 0.25) is 0 Å². The normalized spacial score (nSPS) is 12.0. The van der Waals surface area contributed by atoms with Crippen molar-refractivity contribution < 1.29 is 14.6 Å². The summed E-state index contributed by atoms with van der Waals surface area (Å²) >= 11 is 0. The van der Waals surface area contributed by atoms with Crippen molar-refractivity contribution in [3.63, 3.8) is 0 Å². The zero-order valence-electron chi connectivity index (χ0n) is 16.5. The molecule has 1 aromatic heterocycles. The van der Waals surface area contributed by atoms with Crippen molar-refractivity contribution in [2.75, 3.05) is 20.2 Å². The quantitative estimate of drug-likeness (QED) is 0.654. The topological polar surface area (TPSA) is 80.5 Å². The Hall–Kier alpha value is -2.41. The molecule has 7 heteroatoms. The van der Waals surface area contributed by atoms with E-state index in [9.17, 15) is 9.90 Å². The molecule has 1 N–H and O–H groups in total. The van der Waals surface area contributed by atoms with E-state index in [0.717, 1.165) is 50.1 Å². The molecule has 0 saturated carbocycles. The molecule has 0 aliphatic heterocycles.